The number of hydrogen-bond acceptors (Lipinski definition) is 3. The van der Waals surface area contributed by atoms with Crippen LogP contribution < -0.4 is 0 Å². The second-order valence-electron chi connectivity index (χ2n) is 21.7. The van der Waals surface area contributed by atoms with Crippen molar-refractivity contribution < 1.29 is 0 Å². The van der Waals surface area contributed by atoms with Gasteiger partial charge in [0.1, 0.15) is 0 Å². The zero-order chi connectivity index (χ0) is 50.6. The highest BCUT2D eigenvalue weighted by atomic mass is 14.7. The fourth-order valence-electron chi connectivity index (χ4n) is 10.8. The van der Waals surface area contributed by atoms with Crippen molar-refractivity contribution in [1.82, 2.24) is 15.0 Å². The molecular formula is C71H57N3. The van der Waals surface area contributed by atoms with Crippen molar-refractivity contribution in [2.45, 2.75) is 52.4 Å². The van der Waals surface area contributed by atoms with E-state index >= 15 is 0 Å². The third-order valence-corrected chi connectivity index (χ3v) is 14.8. The molecule has 0 saturated heterocycles. The first-order valence-corrected chi connectivity index (χ1v) is 25.7. The molecule has 0 bridgehead atoms. The summed E-state index contributed by atoms with van der Waals surface area (Å²) in [5.41, 5.74) is 19.9. The van der Waals surface area contributed by atoms with Crippen LogP contribution in [0.15, 0.2) is 237 Å². The van der Waals surface area contributed by atoms with Gasteiger partial charge in [-0.05, 0) is 158 Å². The summed E-state index contributed by atoms with van der Waals surface area (Å²) >= 11 is 0. The molecule has 9 aromatic carbocycles. The van der Waals surface area contributed by atoms with Crippen LogP contribution in [0, 0.1) is 0 Å². The topological polar surface area (TPSA) is 38.7 Å². The molecule has 3 nitrogen and oxygen atoms in total. The van der Waals surface area contributed by atoms with E-state index in [0.29, 0.717) is 0 Å². The van der Waals surface area contributed by atoms with Gasteiger partial charge in [-0.15, -0.1) is 0 Å². The number of nitrogens with zero attached hydrogens (tertiary/aromatic N) is 3. The van der Waals surface area contributed by atoms with Gasteiger partial charge < -0.3 is 0 Å². The highest BCUT2D eigenvalue weighted by molar-refractivity contribution is 6.26. The first-order valence-electron chi connectivity index (χ1n) is 25.7. The molecule has 0 radical (unpaired) electrons. The fourth-order valence-corrected chi connectivity index (χ4v) is 10.8. The summed E-state index contributed by atoms with van der Waals surface area (Å²) < 4.78 is 0. The summed E-state index contributed by atoms with van der Waals surface area (Å²) in [7, 11) is 0. The van der Waals surface area contributed by atoms with Crippen LogP contribution in [0.5, 0.6) is 0 Å². The maximum atomic E-state index is 5.26. The minimum Gasteiger partial charge on any atom is -0.264 e. The molecule has 0 N–H and O–H groups in total. The zero-order valence-electron chi connectivity index (χ0n) is 42.9. The molecule has 0 unspecified atom stereocenters. The van der Waals surface area contributed by atoms with Crippen LogP contribution >= 0.6 is 0 Å². The summed E-state index contributed by atoms with van der Waals surface area (Å²) in [5, 5.41) is 7.50. The Morgan fingerprint density at radius 3 is 1.11 bits per heavy atom. The second kappa shape index (κ2) is 18.7. The molecule has 12 aromatic rings. The van der Waals surface area contributed by atoms with E-state index in [4.69, 9.17) is 15.0 Å². The standard InChI is InChI=1S/C71H57N3/c1-70(2,3)53-37-51(41-72-43-53)58-25-12-10-22-55(58)48-34-49(56-23-11-13-26-59(56)52-38-54(44-73-42-52)71(4,5)6)36-50(35-48)57-24-14-15-27-60(57)68-45-74-69(46-20-8-7-9-21-46)40-66(68)47-32-33-65-63-30-17-16-28-61(63)62-29-18-19-31-64(62)67(65)39-47/h7-45H,1-6H3. The average molecular weight is 952 g/mol. The van der Waals surface area contributed by atoms with Crippen molar-refractivity contribution in [2.75, 3.05) is 0 Å². The van der Waals surface area contributed by atoms with E-state index in [2.05, 4.69) is 254 Å². The van der Waals surface area contributed by atoms with Crippen LogP contribution in [0.3, 0.4) is 0 Å². The van der Waals surface area contributed by atoms with E-state index in [1.165, 1.54) is 43.4 Å². The molecule has 0 aliphatic rings. The van der Waals surface area contributed by atoms with Gasteiger partial charge >= 0.3 is 0 Å². The lowest BCUT2D eigenvalue weighted by Gasteiger charge is -2.21. The highest BCUT2D eigenvalue weighted by Gasteiger charge is 2.22. The van der Waals surface area contributed by atoms with E-state index in [1.807, 2.05) is 24.8 Å². The third kappa shape index (κ3) is 8.65. The molecule has 0 atom stereocenters. The summed E-state index contributed by atoms with van der Waals surface area (Å²) in [5.74, 6) is 0. The molecule has 356 valence electrons. The van der Waals surface area contributed by atoms with Crippen molar-refractivity contribution in [3.05, 3.63) is 248 Å². The Bertz CT molecular complexity index is 3940. The fraction of sp³-hybridized carbons (Fsp3) is 0.113. The van der Waals surface area contributed by atoms with E-state index in [9.17, 15) is 0 Å². The molecule has 74 heavy (non-hydrogen) atoms. The maximum Gasteiger partial charge on any atom is 0.0708 e. The summed E-state index contributed by atoms with van der Waals surface area (Å²) in [6.45, 7) is 13.5. The molecule has 0 spiro atoms. The smallest absolute Gasteiger partial charge is 0.0708 e. The lowest BCUT2D eigenvalue weighted by atomic mass is 9.84. The SMILES string of the molecule is CC(C)(C)c1cncc(-c2ccccc2-c2cc(-c3ccccc3-c3cncc(C(C)(C)C)c3)cc(-c3ccccc3-c3cnc(-c4ccccc4)cc3-c3ccc4c5ccccc5c5ccccc5c4c3)c2)c1. The largest absolute Gasteiger partial charge is 0.264 e. The van der Waals surface area contributed by atoms with Gasteiger partial charge in [0.2, 0.25) is 0 Å². The van der Waals surface area contributed by atoms with Crippen molar-refractivity contribution in [3.8, 4) is 89.1 Å². The molecule has 0 aliphatic carbocycles. The van der Waals surface area contributed by atoms with Gasteiger partial charge in [0.15, 0.2) is 0 Å². The normalized spacial score (nSPS) is 11.9. The minimum absolute atomic E-state index is 0.0559. The van der Waals surface area contributed by atoms with Crippen LogP contribution in [0.1, 0.15) is 52.7 Å². The van der Waals surface area contributed by atoms with Gasteiger partial charge in [-0.25, -0.2) is 0 Å². The second-order valence-corrected chi connectivity index (χ2v) is 21.7. The molecule has 0 fully saturated rings. The lowest BCUT2D eigenvalue weighted by molar-refractivity contribution is 0.587. The number of hydrogen-bond donors (Lipinski definition) is 0. The number of aromatic nitrogens is 3. The molecule has 0 saturated carbocycles. The van der Waals surface area contributed by atoms with Crippen LogP contribution in [0.4, 0.5) is 0 Å². The summed E-state index contributed by atoms with van der Waals surface area (Å²) in [4.78, 5) is 14.9. The van der Waals surface area contributed by atoms with Crippen molar-refractivity contribution in [2.24, 2.45) is 0 Å². The Labute approximate surface area is 435 Å². The van der Waals surface area contributed by atoms with Crippen LogP contribution in [-0.2, 0) is 10.8 Å². The number of benzene rings is 9. The first-order chi connectivity index (χ1) is 36.0. The molecular weight excluding hydrogens is 895 g/mol. The van der Waals surface area contributed by atoms with E-state index < -0.39 is 0 Å². The Kier molecular flexibility index (Phi) is 11.7. The monoisotopic (exact) mass is 951 g/mol. The molecule has 0 amide bonds. The van der Waals surface area contributed by atoms with Crippen LogP contribution in [0.2, 0.25) is 0 Å². The lowest BCUT2D eigenvalue weighted by Crippen LogP contribution is -2.11. The quantitative estimate of drug-likeness (QED) is 0.142. The van der Waals surface area contributed by atoms with Crippen molar-refractivity contribution >= 4 is 32.3 Å². The summed E-state index contributed by atoms with van der Waals surface area (Å²) in [6.07, 6.45) is 10.1. The number of pyridine rings is 3. The van der Waals surface area contributed by atoms with E-state index in [1.54, 1.807) is 0 Å². The Hall–Kier alpha value is -8.79. The molecule has 12 rings (SSSR count). The Morgan fingerprint density at radius 2 is 0.635 bits per heavy atom. The van der Waals surface area contributed by atoms with Crippen molar-refractivity contribution in [3.63, 3.8) is 0 Å². The van der Waals surface area contributed by atoms with Gasteiger partial charge in [-0.2, -0.15) is 0 Å². The third-order valence-electron chi connectivity index (χ3n) is 14.8. The van der Waals surface area contributed by atoms with E-state index in [-0.39, 0.29) is 10.8 Å². The minimum atomic E-state index is -0.0559. The number of rotatable bonds is 8. The first kappa shape index (κ1) is 46.3. The molecule has 3 heterocycles. The van der Waals surface area contributed by atoms with Gasteiger partial charge in [0.25, 0.3) is 0 Å². The van der Waals surface area contributed by atoms with Gasteiger partial charge in [-0.3, -0.25) is 15.0 Å². The Balaban J connectivity index is 1.10. The highest BCUT2D eigenvalue weighted by Crippen LogP contribution is 2.46. The molecule has 3 aromatic heterocycles. The number of fused-ring (bicyclic) bond motifs is 6. The predicted octanol–water partition coefficient (Wildman–Crippen LogP) is 19.3. The predicted molar refractivity (Wildman–Crippen MR) is 313 cm³/mol. The maximum absolute atomic E-state index is 5.26. The zero-order valence-corrected chi connectivity index (χ0v) is 42.9. The van der Waals surface area contributed by atoms with Gasteiger partial charge in [0, 0.05) is 53.2 Å². The van der Waals surface area contributed by atoms with E-state index in [0.717, 1.165) is 89.1 Å². The Morgan fingerprint density at radius 1 is 0.243 bits per heavy atom. The summed E-state index contributed by atoms with van der Waals surface area (Å²) in [6, 6.07) is 75.6. The van der Waals surface area contributed by atoms with Crippen LogP contribution in [0.25, 0.3) is 121 Å². The van der Waals surface area contributed by atoms with Crippen molar-refractivity contribution in [1.29, 1.82) is 0 Å². The average Bonchev–Trinajstić information content (AvgIpc) is 3.45. The van der Waals surface area contributed by atoms with Gasteiger partial charge in [-0.1, -0.05) is 205 Å². The van der Waals surface area contributed by atoms with Gasteiger partial charge in [0.05, 0.1) is 5.69 Å². The van der Waals surface area contributed by atoms with Crippen LogP contribution in [-0.4, -0.2) is 15.0 Å². The molecule has 3 heteroatoms. The molecule has 0 aliphatic heterocycles.